The van der Waals surface area contributed by atoms with Crippen molar-refractivity contribution in [3.05, 3.63) is 12.2 Å². The molecule has 3 atom stereocenters. The van der Waals surface area contributed by atoms with Crippen LogP contribution in [-0.2, 0) is 14.3 Å². The lowest BCUT2D eigenvalue weighted by Crippen LogP contribution is -2.59. The number of amides is 1. The Labute approximate surface area is 176 Å². The van der Waals surface area contributed by atoms with Gasteiger partial charge >= 0.3 is 5.97 Å². The molecule has 164 valence electrons. The topological polar surface area (TPSA) is 93.4 Å². The molecule has 4 N–H and O–H groups in total. The van der Waals surface area contributed by atoms with E-state index in [1.165, 1.54) is 7.11 Å². The van der Waals surface area contributed by atoms with E-state index in [1.807, 2.05) is 32.9 Å². The quantitative estimate of drug-likeness (QED) is 0.199. The van der Waals surface area contributed by atoms with Crippen LogP contribution in [0.15, 0.2) is 12.2 Å². The highest BCUT2D eigenvalue weighted by molar-refractivity contribution is 7.80. The zero-order chi connectivity index (χ0) is 21.7. The zero-order valence-electron chi connectivity index (χ0n) is 18.5. The van der Waals surface area contributed by atoms with E-state index in [1.54, 1.807) is 0 Å². The van der Waals surface area contributed by atoms with E-state index < -0.39 is 11.5 Å². The summed E-state index contributed by atoms with van der Waals surface area (Å²) in [6.07, 6.45) is 5.54. The maximum absolute atomic E-state index is 12.7. The molecule has 0 spiro atoms. The van der Waals surface area contributed by atoms with Crippen molar-refractivity contribution in [1.82, 2.24) is 10.6 Å². The second kappa shape index (κ2) is 14.0. The summed E-state index contributed by atoms with van der Waals surface area (Å²) in [6, 6.07) is -0.0108. The van der Waals surface area contributed by atoms with Crippen molar-refractivity contribution in [2.24, 2.45) is 23.5 Å². The van der Waals surface area contributed by atoms with Crippen LogP contribution in [-0.4, -0.2) is 49.4 Å². The molecule has 0 aromatic rings. The van der Waals surface area contributed by atoms with Crippen LogP contribution < -0.4 is 16.4 Å². The third-order valence-electron chi connectivity index (χ3n) is 4.78. The minimum Gasteiger partial charge on any atom is -0.467 e. The molecule has 1 unspecified atom stereocenters. The number of rotatable bonds is 14. The van der Waals surface area contributed by atoms with Crippen molar-refractivity contribution in [2.45, 2.75) is 65.5 Å². The number of methoxy groups -OCH3 is 1. The van der Waals surface area contributed by atoms with Gasteiger partial charge in [-0.2, -0.15) is 12.6 Å². The Bertz CT molecular complexity index is 497. The number of nitrogens with one attached hydrogen (secondary N) is 2. The molecule has 0 aliphatic heterocycles. The van der Waals surface area contributed by atoms with Crippen molar-refractivity contribution >= 4 is 24.5 Å². The van der Waals surface area contributed by atoms with Crippen LogP contribution >= 0.6 is 12.6 Å². The standard InChI is InChI=1S/C21H41N3O3S/c1-15(2)9-7-8-10-19(25)24-21(16(3)4,20(26)27-6)11-17(5)12-23-13-18(22)14-28/h7-8,15-18,23,28H,9-14,22H2,1-6H3,(H,24,25)/b8-7+/t17?,18-,21-/m1/s1. The highest BCUT2D eigenvalue weighted by Crippen LogP contribution is 2.27. The third kappa shape index (κ3) is 9.94. The largest absolute Gasteiger partial charge is 0.467 e. The average molecular weight is 416 g/mol. The summed E-state index contributed by atoms with van der Waals surface area (Å²) in [7, 11) is 1.36. The van der Waals surface area contributed by atoms with Gasteiger partial charge in [-0.3, -0.25) is 4.79 Å². The van der Waals surface area contributed by atoms with Crippen LogP contribution in [0.5, 0.6) is 0 Å². The van der Waals surface area contributed by atoms with Gasteiger partial charge in [0, 0.05) is 24.8 Å². The maximum Gasteiger partial charge on any atom is 0.331 e. The molecular formula is C21H41N3O3S. The minimum absolute atomic E-state index is 0.0108. The lowest BCUT2D eigenvalue weighted by atomic mass is 9.78. The normalized spacial score (nSPS) is 16.2. The highest BCUT2D eigenvalue weighted by atomic mass is 32.1. The molecule has 28 heavy (non-hydrogen) atoms. The Balaban J connectivity index is 5.09. The summed E-state index contributed by atoms with van der Waals surface area (Å²) < 4.78 is 5.07. The number of nitrogens with two attached hydrogens (primary N) is 1. The lowest BCUT2D eigenvalue weighted by molar-refractivity contribution is -0.154. The lowest BCUT2D eigenvalue weighted by Gasteiger charge is -2.37. The van der Waals surface area contributed by atoms with Crippen molar-refractivity contribution in [3.8, 4) is 0 Å². The van der Waals surface area contributed by atoms with Crippen LogP contribution in [0, 0.1) is 17.8 Å². The Kier molecular flexibility index (Phi) is 13.5. The molecule has 0 aromatic carbocycles. The number of carbonyl (C=O) groups excluding carboxylic acids is 2. The van der Waals surface area contributed by atoms with E-state index in [4.69, 9.17) is 10.5 Å². The Morgan fingerprint density at radius 1 is 1.14 bits per heavy atom. The molecule has 7 heteroatoms. The molecule has 0 rings (SSSR count). The van der Waals surface area contributed by atoms with Gasteiger partial charge in [-0.05, 0) is 37.1 Å². The number of carbonyl (C=O) groups is 2. The average Bonchev–Trinajstić information content (AvgIpc) is 2.63. The van der Waals surface area contributed by atoms with Crippen molar-refractivity contribution in [1.29, 1.82) is 0 Å². The number of allylic oxidation sites excluding steroid dienone is 1. The molecule has 0 aliphatic rings. The molecule has 0 fully saturated rings. The summed E-state index contributed by atoms with van der Waals surface area (Å²) in [4.78, 5) is 25.2. The predicted octanol–water partition coefficient (Wildman–Crippen LogP) is 2.54. The Hall–Kier alpha value is -1.05. The maximum atomic E-state index is 12.7. The van der Waals surface area contributed by atoms with Crippen LogP contribution in [0.4, 0.5) is 0 Å². The fourth-order valence-electron chi connectivity index (χ4n) is 3.04. The van der Waals surface area contributed by atoms with E-state index in [-0.39, 0.29) is 30.2 Å². The fraction of sp³-hybridized carbons (Fsp3) is 0.810. The van der Waals surface area contributed by atoms with E-state index in [0.717, 1.165) is 6.42 Å². The van der Waals surface area contributed by atoms with Gasteiger partial charge in [-0.1, -0.05) is 46.8 Å². The zero-order valence-corrected chi connectivity index (χ0v) is 19.4. The van der Waals surface area contributed by atoms with E-state index in [9.17, 15) is 9.59 Å². The van der Waals surface area contributed by atoms with E-state index in [2.05, 4.69) is 37.1 Å². The second-order valence-electron chi connectivity index (χ2n) is 8.38. The third-order valence-corrected chi connectivity index (χ3v) is 5.25. The second-order valence-corrected chi connectivity index (χ2v) is 8.75. The van der Waals surface area contributed by atoms with Gasteiger partial charge in [-0.15, -0.1) is 0 Å². The van der Waals surface area contributed by atoms with Crippen LogP contribution in [0.2, 0.25) is 0 Å². The summed E-state index contributed by atoms with van der Waals surface area (Å²) in [5, 5.41) is 6.29. The predicted molar refractivity (Wildman–Crippen MR) is 119 cm³/mol. The highest BCUT2D eigenvalue weighted by Gasteiger charge is 2.44. The number of ether oxygens (including phenoxy) is 1. The molecule has 0 heterocycles. The summed E-state index contributed by atoms with van der Waals surface area (Å²) in [6.45, 7) is 11.5. The van der Waals surface area contributed by atoms with Gasteiger partial charge in [0.2, 0.25) is 5.91 Å². The molecule has 0 aromatic heterocycles. The molecule has 0 aliphatic carbocycles. The summed E-state index contributed by atoms with van der Waals surface area (Å²) >= 11 is 4.18. The van der Waals surface area contributed by atoms with Crippen LogP contribution in [0.1, 0.15) is 53.9 Å². The van der Waals surface area contributed by atoms with Gasteiger partial charge in [0.25, 0.3) is 0 Å². The number of esters is 1. The first-order chi connectivity index (χ1) is 13.1. The number of thiol groups is 1. The van der Waals surface area contributed by atoms with E-state index in [0.29, 0.717) is 31.2 Å². The molecular weight excluding hydrogens is 374 g/mol. The minimum atomic E-state index is -1.05. The Morgan fingerprint density at radius 3 is 2.29 bits per heavy atom. The molecule has 0 saturated heterocycles. The van der Waals surface area contributed by atoms with Gasteiger partial charge in [0.05, 0.1) is 7.11 Å². The first-order valence-electron chi connectivity index (χ1n) is 10.2. The monoisotopic (exact) mass is 415 g/mol. The molecule has 0 saturated carbocycles. The van der Waals surface area contributed by atoms with E-state index >= 15 is 0 Å². The van der Waals surface area contributed by atoms with Gasteiger partial charge in [0.1, 0.15) is 5.54 Å². The SMILES string of the molecule is COC(=O)[C@](CC(C)CNC[C@@H](N)CS)(NC(=O)C/C=C/CC(C)C)C(C)C. The van der Waals surface area contributed by atoms with Gasteiger partial charge in [0.15, 0.2) is 0 Å². The first-order valence-corrected chi connectivity index (χ1v) is 10.8. The number of hydrogen-bond acceptors (Lipinski definition) is 6. The van der Waals surface area contributed by atoms with Crippen molar-refractivity contribution < 1.29 is 14.3 Å². The van der Waals surface area contributed by atoms with Crippen LogP contribution in [0.3, 0.4) is 0 Å². The van der Waals surface area contributed by atoms with Crippen molar-refractivity contribution in [3.63, 3.8) is 0 Å². The van der Waals surface area contributed by atoms with Crippen molar-refractivity contribution in [2.75, 3.05) is 26.0 Å². The van der Waals surface area contributed by atoms with Gasteiger partial charge in [-0.25, -0.2) is 4.79 Å². The fourth-order valence-corrected chi connectivity index (χ4v) is 3.17. The molecule has 0 bridgehead atoms. The number of hydrogen-bond donors (Lipinski definition) is 4. The molecule has 6 nitrogen and oxygen atoms in total. The van der Waals surface area contributed by atoms with Crippen LogP contribution in [0.25, 0.3) is 0 Å². The summed E-state index contributed by atoms with van der Waals surface area (Å²) in [5.74, 6) is 0.626. The smallest absolute Gasteiger partial charge is 0.331 e. The first kappa shape index (κ1) is 27.0. The van der Waals surface area contributed by atoms with Gasteiger partial charge < -0.3 is 21.1 Å². The molecule has 0 radical (unpaired) electrons. The Morgan fingerprint density at radius 2 is 1.79 bits per heavy atom. The molecule has 1 amide bonds. The summed E-state index contributed by atoms with van der Waals surface area (Å²) in [5.41, 5.74) is 4.82.